The zero-order valence-electron chi connectivity index (χ0n) is 18.1. The zero-order valence-corrected chi connectivity index (χ0v) is 19.7. The van der Waals surface area contributed by atoms with E-state index in [1.54, 1.807) is 60.7 Å². The number of hydrogen-bond donors (Lipinski definition) is 1. The molecule has 8 heteroatoms. The highest BCUT2D eigenvalue weighted by atomic mass is 32.1. The number of ether oxygens (including phenoxy) is 2. The minimum Gasteiger partial charge on any atom is -0.492 e. The molecule has 33 heavy (non-hydrogen) atoms. The maximum absolute atomic E-state index is 13.3. The Morgan fingerprint density at radius 2 is 1.82 bits per heavy atom. The summed E-state index contributed by atoms with van der Waals surface area (Å²) in [6.07, 6.45) is -1.14. The fourth-order valence-electron chi connectivity index (χ4n) is 3.21. The molecule has 0 spiro atoms. The van der Waals surface area contributed by atoms with Crippen molar-refractivity contribution in [2.75, 3.05) is 11.9 Å². The van der Waals surface area contributed by atoms with Gasteiger partial charge in [-0.3, -0.25) is 4.79 Å². The molecule has 0 saturated heterocycles. The lowest BCUT2D eigenvalue weighted by atomic mass is 10.1. The molecule has 2 aromatic carbocycles. The van der Waals surface area contributed by atoms with E-state index in [1.807, 2.05) is 35.9 Å². The molecule has 0 aliphatic carbocycles. The fourth-order valence-corrected chi connectivity index (χ4v) is 4.87. The zero-order chi connectivity index (χ0) is 23.2. The number of aryl methyl sites for hydroxylation is 1. The van der Waals surface area contributed by atoms with Crippen molar-refractivity contribution in [1.29, 1.82) is 0 Å². The molecule has 0 aliphatic heterocycles. The van der Waals surface area contributed by atoms with Crippen molar-refractivity contribution in [1.82, 2.24) is 4.98 Å². The van der Waals surface area contributed by atoms with E-state index in [9.17, 15) is 9.59 Å². The molecule has 2 aromatic heterocycles. The second-order valence-corrected chi connectivity index (χ2v) is 8.84. The number of para-hydroxylation sites is 2. The minimum atomic E-state index is -1.14. The lowest BCUT2D eigenvalue weighted by Crippen LogP contribution is -2.26. The standard InChI is InChI=1S/C25H22N2O4S2/c1-3-30-20-12-8-7-11-19(20)27-23(28)21(17-9-5-4-6-10-17)31-25(29)22-16(2)26-24(33-22)18-13-14-32-15-18/h4-15,21H,3H2,1-2H3,(H,27,28). The van der Waals surface area contributed by atoms with Crippen LogP contribution < -0.4 is 10.1 Å². The van der Waals surface area contributed by atoms with Gasteiger partial charge in [-0.1, -0.05) is 42.5 Å². The number of amides is 1. The van der Waals surface area contributed by atoms with Crippen LogP contribution in [-0.2, 0) is 9.53 Å². The molecular formula is C25H22N2O4S2. The molecule has 4 rings (SSSR count). The van der Waals surface area contributed by atoms with Crippen LogP contribution in [0.3, 0.4) is 0 Å². The number of rotatable bonds is 8. The SMILES string of the molecule is CCOc1ccccc1NC(=O)C(OC(=O)c1sc(-c2ccsc2)nc1C)c1ccccc1. The number of esters is 1. The van der Waals surface area contributed by atoms with Crippen LogP contribution in [0.5, 0.6) is 5.75 Å². The van der Waals surface area contributed by atoms with Gasteiger partial charge in [0.05, 0.1) is 18.0 Å². The van der Waals surface area contributed by atoms with Crippen LogP contribution in [0, 0.1) is 6.92 Å². The van der Waals surface area contributed by atoms with Gasteiger partial charge >= 0.3 is 5.97 Å². The van der Waals surface area contributed by atoms with E-state index in [4.69, 9.17) is 9.47 Å². The highest BCUT2D eigenvalue weighted by molar-refractivity contribution is 7.17. The smallest absolute Gasteiger partial charge is 0.351 e. The van der Waals surface area contributed by atoms with Crippen molar-refractivity contribution in [3.05, 3.63) is 87.6 Å². The van der Waals surface area contributed by atoms with Crippen molar-refractivity contribution in [3.8, 4) is 16.3 Å². The van der Waals surface area contributed by atoms with Crippen molar-refractivity contribution in [3.63, 3.8) is 0 Å². The average Bonchev–Trinajstić information content (AvgIpc) is 3.49. The Bertz CT molecular complexity index is 1240. The summed E-state index contributed by atoms with van der Waals surface area (Å²) in [6.45, 7) is 4.09. The van der Waals surface area contributed by atoms with Crippen LogP contribution in [0.15, 0.2) is 71.4 Å². The van der Waals surface area contributed by atoms with E-state index in [1.165, 1.54) is 11.3 Å². The van der Waals surface area contributed by atoms with Gasteiger partial charge in [0.1, 0.15) is 15.6 Å². The Labute approximate surface area is 199 Å². The van der Waals surface area contributed by atoms with Crippen molar-refractivity contribution in [2.24, 2.45) is 0 Å². The monoisotopic (exact) mass is 478 g/mol. The summed E-state index contributed by atoms with van der Waals surface area (Å²) in [7, 11) is 0. The molecule has 0 fully saturated rings. The third-order valence-corrected chi connectivity index (χ3v) is 6.63. The van der Waals surface area contributed by atoms with E-state index < -0.39 is 18.0 Å². The van der Waals surface area contributed by atoms with Crippen LogP contribution in [0.4, 0.5) is 5.69 Å². The van der Waals surface area contributed by atoms with Gasteiger partial charge in [0.2, 0.25) is 6.10 Å². The van der Waals surface area contributed by atoms with E-state index in [-0.39, 0.29) is 0 Å². The molecule has 0 radical (unpaired) electrons. The van der Waals surface area contributed by atoms with Gasteiger partial charge in [-0.25, -0.2) is 9.78 Å². The number of nitrogens with zero attached hydrogens (tertiary/aromatic N) is 1. The largest absolute Gasteiger partial charge is 0.492 e. The minimum absolute atomic E-state index is 0.375. The van der Waals surface area contributed by atoms with Crippen LogP contribution in [0.2, 0.25) is 0 Å². The molecule has 0 saturated carbocycles. The summed E-state index contributed by atoms with van der Waals surface area (Å²) < 4.78 is 11.3. The van der Waals surface area contributed by atoms with E-state index in [0.29, 0.717) is 34.2 Å². The maximum Gasteiger partial charge on any atom is 0.351 e. The van der Waals surface area contributed by atoms with Gasteiger partial charge in [-0.05, 0) is 37.4 Å². The number of thiophene rings is 1. The van der Waals surface area contributed by atoms with Gasteiger partial charge in [-0.15, -0.1) is 11.3 Å². The Kier molecular flexibility index (Phi) is 7.16. The van der Waals surface area contributed by atoms with E-state index in [2.05, 4.69) is 10.3 Å². The lowest BCUT2D eigenvalue weighted by Gasteiger charge is -2.19. The number of nitrogens with one attached hydrogen (secondary N) is 1. The number of hydrogen-bond acceptors (Lipinski definition) is 7. The molecule has 1 unspecified atom stereocenters. The van der Waals surface area contributed by atoms with Crippen LogP contribution in [0.25, 0.3) is 10.6 Å². The molecule has 1 N–H and O–H groups in total. The maximum atomic E-state index is 13.3. The summed E-state index contributed by atoms with van der Waals surface area (Å²) in [5, 5.41) is 7.52. The first-order valence-electron chi connectivity index (χ1n) is 10.4. The van der Waals surface area contributed by atoms with Crippen LogP contribution in [0.1, 0.15) is 34.0 Å². The molecule has 0 bridgehead atoms. The van der Waals surface area contributed by atoms with Crippen LogP contribution in [-0.4, -0.2) is 23.5 Å². The second kappa shape index (κ2) is 10.4. The van der Waals surface area contributed by atoms with Gasteiger partial charge < -0.3 is 14.8 Å². The predicted octanol–water partition coefficient (Wildman–Crippen LogP) is 6.12. The van der Waals surface area contributed by atoms with E-state index >= 15 is 0 Å². The third kappa shape index (κ3) is 5.30. The third-order valence-electron chi connectivity index (χ3n) is 4.76. The lowest BCUT2D eigenvalue weighted by molar-refractivity contribution is -0.125. The molecular weight excluding hydrogens is 456 g/mol. The highest BCUT2D eigenvalue weighted by Gasteiger charge is 2.28. The topological polar surface area (TPSA) is 77.5 Å². The van der Waals surface area contributed by atoms with Crippen molar-refractivity contribution < 1.29 is 19.1 Å². The van der Waals surface area contributed by atoms with E-state index in [0.717, 1.165) is 10.6 Å². The van der Waals surface area contributed by atoms with Crippen molar-refractivity contribution >= 4 is 40.2 Å². The highest BCUT2D eigenvalue weighted by Crippen LogP contribution is 2.32. The molecule has 168 valence electrons. The summed E-state index contributed by atoms with van der Waals surface area (Å²) in [6, 6.07) is 18.0. The number of carbonyl (C=O) groups is 2. The Hall–Kier alpha value is -3.49. The Morgan fingerprint density at radius 3 is 2.55 bits per heavy atom. The molecule has 6 nitrogen and oxygen atoms in total. The average molecular weight is 479 g/mol. The first-order valence-corrected chi connectivity index (χ1v) is 12.1. The molecule has 1 amide bonds. The quantitative estimate of drug-likeness (QED) is 0.309. The summed E-state index contributed by atoms with van der Waals surface area (Å²) >= 11 is 2.82. The first-order chi connectivity index (χ1) is 16.1. The number of aromatic nitrogens is 1. The molecule has 1 atom stereocenters. The Balaban J connectivity index is 1.60. The molecule has 0 aliphatic rings. The van der Waals surface area contributed by atoms with Gasteiger partial charge in [-0.2, -0.15) is 11.3 Å². The summed E-state index contributed by atoms with van der Waals surface area (Å²) in [5.74, 6) is -0.513. The van der Waals surface area contributed by atoms with Crippen LogP contribution >= 0.6 is 22.7 Å². The predicted molar refractivity (Wildman–Crippen MR) is 131 cm³/mol. The number of benzene rings is 2. The normalized spacial score (nSPS) is 11.6. The molecule has 4 aromatic rings. The summed E-state index contributed by atoms with van der Waals surface area (Å²) in [5.41, 5.74) is 2.60. The number of carbonyl (C=O) groups excluding carboxylic acids is 2. The number of thiazole rings is 1. The Morgan fingerprint density at radius 1 is 1.06 bits per heavy atom. The first kappa shape index (κ1) is 22.7. The molecule has 2 heterocycles. The van der Waals surface area contributed by atoms with Gasteiger partial charge in [0, 0.05) is 16.5 Å². The summed E-state index contributed by atoms with van der Waals surface area (Å²) in [4.78, 5) is 31.2. The van der Waals surface area contributed by atoms with Gasteiger partial charge in [0.15, 0.2) is 0 Å². The fraction of sp³-hybridized carbons (Fsp3) is 0.160. The van der Waals surface area contributed by atoms with Crippen molar-refractivity contribution in [2.45, 2.75) is 20.0 Å². The second-order valence-electron chi connectivity index (χ2n) is 7.06. The number of anilines is 1. The van der Waals surface area contributed by atoms with Gasteiger partial charge in [0.25, 0.3) is 5.91 Å².